The highest BCUT2D eigenvalue weighted by molar-refractivity contribution is 5.81. The molecule has 156 valence electrons. The maximum absolute atomic E-state index is 6.41. The molecular formula is C25H29N3O2. The fourth-order valence-electron chi connectivity index (χ4n) is 4.57. The van der Waals surface area contributed by atoms with Gasteiger partial charge >= 0.3 is 0 Å². The normalized spacial score (nSPS) is 18.6. The number of hydrogen-bond donors (Lipinski definition) is 0. The van der Waals surface area contributed by atoms with E-state index in [1.165, 1.54) is 16.5 Å². The van der Waals surface area contributed by atoms with Crippen LogP contribution in [-0.4, -0.2) is 42.4 Å². The molecule has 0 amide bonds. The third kappa shape index (κ3) is 4.12. The first-order valence-corrected chi connectivity index (χ1v) is 11.1. The maximum atomic E-state index is 6.41. The summed E-state index contributed by atoms with van der Waals surface area (Å²) in [5.41, 5.74) is 3.56. The van der Waals surface area contributed by atoms with Gasteiger partial charge in [-0.25, -0.2) is 9.97 Å². The van der Waals surface area contributed by atoms with Crippen LogP contribution in [0.3, 0.4) is 0 Å². The summed E-state index contributed by atoms with van der Waals surface area (Å²) >= 11 is 0. The van der Waals surface area contributed by atoms with E-state index in [9.17, 15) is 0 Å². The van der Waals surface area contributed by atoms with E-state index in [2.05, 4.69) is 53.2 Å². The lowest BCUT2D eigenvalue weighted by atomic mass is 9.92. The standard InChI is InChI=1S/C25H29N3O2/c1-18-4-5-20-6-7-24(27-23(20)17-18)28-13-8-21(9-14-28)30-25-22(3-2-12-26-25)19-10-15-29-16-11-19/h2-7,12,17,19,21H,8-11,13-16H2,1H3. The Hall–Kier alpha value is -2.66. The third-order valence-corrected chi connectivity index (χ3v) is 6.34. The molecule has 0 saturated carbocycles. The lowest BCUT2D eigenvalue weighted by molar-refractivity contribution is 0.0833. The van der Waals surface area contributed by atoms with Crippen LogP contribution in [0, 0.1) is 6.92 Å². The molecule has 0 spiro atoms. The van der Waals surface area contributed by atoms with Crippen molar-refractivity contribution < 1.29 is 9.47 Å². The second-order valence-electron chi connectivity index (χ2n) is 8.45. The Labute approximate surface area is 178 Å². The van der Waals surface area contributed by atoms with Crippen molar-refractivity contribution in [3.8, 4) is 5.88 Å². The highest BCUT2D eigenvalue weighted by atomic mass is 16.5. The van der Waals surface area contributed by atoms with Gasteiger partial charge in [0.15, 0.2) is 0 Å². The van der Waals surface area contributed by atoms with Crippen LogP contribution in [0.4, 0.5) is 5.82 Å². The highest BCUT2D eigenvalue weighted by Gasteiger charge is 2.25. The first-order chi connectivity index (χ1) is 14.8. The van der Waals surface area contributed by atoms with Crippen LogP contribution in [0.25, 0.3) is 10.9 Å². The van der Waals surface area contributed by atoms with Gasteiger partial charge in [0, 0.05) is 56.3 Å². The number of rotatable bonds is 4. The van der Waals surface area contributed by atoms with Crippen LogP contribution in [0.2, 0.25) is 0 Å². The van der Waals surface area contributed by atoms with E-state index >= 15 is 0 Å². The average Bonchev–Trinajstić information content (AvgIpc) is 2.80. The average molecular weight is 404 g/mol. The van der Waals surface area contributed by atoms with E-state index in [0.29, 0.717) is 5.92 Å². The Morgan fingerprint density at radius 2 is 1.80 bits per heavy atom. The minimum absolute atomic E-state index is 0.206. The molecule has 0 radical (unpaired) electrons. The highest BCUT2D eigenvalue weighted by Crippen LogP contribution is 2.33. The molecule has 0 aliphatic carbocycles. The van der Waals surface area contributed by atoms with Gasteiger partial charge in [0.25, 0.3) is 0 Å². The molecule has 0 bridgehead atoms. The number of nitrogens with zero attached hydrogens (tertiary/aromatic N) is 3. The van der Waals surface area contributed by atoms with E-state index in [4.69, 9.17) is 14.5 Å². The summed E-state index contributed by atoms with van der Waals surface area (Å²) < 4.78 is 11.9. The van der Waals surface area contributed by atoms with Gasteiger partial charge in [0.1, 0.15) is 11.9 Å². The molecule has 5 rings (SSSR count). The minimum atomic E-state index is 0.206. The quantitative estimate of drug-likeness (QED) is 0.621. The topological polar surface area (TPSA) is 47.5 Å². The molecule has 0 N–H and O–H groups in total. The van der Waals surface area contributed by atoms with E-state index in [1.54, 1.807) is 0 Å². The number of fused-ring (bicyclic) bond motifs is 1. The van der Waals surface area contributed by atoms with Crippen molar-refractivity contribution >= 4 is 16.7 Å². The van der Waals surface area contributed by atoms with Gasteiger partial charge in [-0.15, -0.1) is 0 Å². The number of aryl methyl sites for hydroxylation is 1. The summed E-state index contributed by atoms with van der Waals surface area (Å²) in [6.07, 6.45) is 6.11. The summed E-state index contributed by atoms with van der Waals surface area (Å²) in [5, 5.41) is 1.19. The molecule has 3 aromatic rings. The molecule has 2 fully saturated rings. The number of ether oxygens (including phenoxy) is 2. The smallest absolute Gasteiger partial charge is 0.217 e. The molecule has 5 heteroatoms. The van der Waals surface area contributed by atoms with Gasteiger partial charge in [-0.05, 0) is 55.5 Å². The Kier molecular flexibility index (Phi) is 5.54. The van der Waals surface area contributed by atoms with Crippen molar-refractivity contribution in [1.29, 1.82) is 0 Å². The SMILES string of the molecule is Cc1ccc2ccc(N3CCC(Oc4ncccc4C4CCOCC4)CC3)nc2c1. The van der Waals surface area contributed by atoms with Crippen molar-refractivity contribution in [3.63, 3.8) is 0 Å². The van der Waals surface area contributed by atoms with Crippen molar-refractivity contribution in [1.82, 2.24) is 9.97 Å². The number of pyridine rings is 2. The molecule has 5 nitrogen and oxygen atoms in total. The van der Waals surface area contributed by atoms with E-state index in [1.807, 2.05) is 12.3 Å². The summed E-state index contributed by atoms with van der Waals surface area (Å²) in [7, 11) is 0. The van der Waals surface area contributed by atoms with Gasteiger partial charge in [-0.2, -0.15) is 0 Å². The van der Waals surface area contributed by atoms with E-state index < -0.39 is 0 Å². The third-order valence-electron chi connectivity index (χ3n) is 6.34. The molecule has 0 unspecified atom stereocenters. The molecule has 2 saturated heterocycles. The van der Waals surface area contributed by atoms with Gasteiger partial charge in [0.2, 0.25) is 5.88 Å². The van der Waals surface area contributed by atoms with Crippen molar-refractivity contribution in [2.75, 3.05) is 31.2 Å². The van der Waals surface area contributed by atoms with Crippen LogP contribution in [-0.2, 0) is 4.74 Å². The molecule has 1 aromatic carbocycles. The van der Waals surface area contributed by atoms with Crippen LogP contribution in [0.15, 0.2) is 48.7 Å². The number of piperidine rings is 1. The van der Waals surface area contributed by atoms with Gasteiger partial charge in [-0.1, -0.05) is 18.2 Å². The Balaban J connectivity index is 1.25. The molecule has 4 heterocycles. The second-order valence-corrected chi connectivity index (χ2v) is 8.45. The largest absolute Gasteiger partial charge is 0.474 e. The lowest BCUT2D eigenvalue weighted by Gasteiger charge is -2.33. The monoisotopic (exact) mass is 403 g/mol. The summed E-state index contributed by atoms with van der Waals surface area (Å²) in [6.45, 7) is 5.68. The maximum Gasteiger partial charge on any atom is 0.217 e. The zero-order chi connectivity index (χ0) is 20.3. The van der Waals surface area contributed by atoms with Crippen LogP contribution >= 0.6 is 0 Å². The van der Waals surface area contributed by atoms with E-state index in [0.717, 1.165) is 69.2 Å². The zero-order valence-corrected chi connectivity index (χ0v) is 17.6. The first kappa shape index (κ1) is 19.3. The summed E-state index contributed by atoms with van der Waals surface area (Å²) in [4.78, 5) is 11.9. The predicted octanol–water partition coefficient (Wildman–Crippen LogP) is 4.88. The molecular weight excluding hydrogens is 374 g/mol. The predicted molar refractivity (Wildman–Crippen MR) is 119 cm³/mol. The fourth-order valence-corrected chi connectivity index (χ4v) is 4.57. The Morgan fingerprint density at radius 3 is 2.63 bits per heavy atom. The van der Waals surface area contributed by atoms with Crippen molar-refractivity contribution in [2.45, 2.75) is 44.6 Å². The molecule has 0 atom stereocenters. The molecule has 2 aromatic heterocycles. The molecule has 2 aliphatic rings. The second kappa shape index (κ2) is 8.60. The van der Waals surface area contributed by atoms with Crippen LogP contribution in [0.5, 0.6) is 5.88 Å². The summed E-state index contributed by atoms with van der Waals surface area (Å²) in [5.74, 6) is 2.38. The van der Waals surface area contributed by atoms with Gasteiger partial charge < -0.3 is 14.4 Å². The first-order valence-electron chi connectivity index (χ1n) is 11.1. The van der Waals surface area contributed by atoms with Gasteiger partial charge in [-0.3, -0.25) is 0 Å². The summed E-state index contributed by atoms with van der Waals surface area (Å²) in [6, 6.07) is 15.0. The Bertz CT molecular complexity index is 1010. The number of benzene rings is 1. The van der Waals surface area contributed by atoms with Crippen LogP contribution < -0.4 is 9.64 Å². The number of aromatic nitrogens is 2. The van der Waals surface area contributed by atoms with Crippen LogP contribution in [0.1, 0.15) is 42.7 Å². The number of hydrogen-bond acceptors (Lipinski definition) is 5. The Morgan fingerprint density at radius 1 is 1.00 bits per heavy atom. The fraction of sp³-hybridized carbons (Fsp3) is 0.440. The van der Waals surface area contributed by atoms with Gasteiger partial charge in [0.05, 0.1) is 5.52 Å². The zero-order valence-electron chi connectivity index (χ0n) is 17.6. The minimum Gasteiger partial charge on any atom is -0.474 e. The molecule has 30 heavy (non-hydrogen) atoms. The number of anilines is 1. The van der Waals surface area contributed by atoms with Crippen molar-refractivity contribution in [3.05, 3.63) is 59.8 Å². The van der Waals surface area contributed by atoms with Crippen molar-refractivity contribution in [2.24, 2.45) is 0 Å². The van der Waals surface area contributed by atoms with E-state index in [-0.39, 0.29) is 6.10 Å². The lowest BCUT2D eigenvalue weighted by Crippen LogP contribution is -2.39. The molecule has 2 aliphatic heterocycles.